The zero-order valence-electron chi connectivity index (χ0n) is 10.4. The van der Waals surface area contributed by atoms with E-state index in [1.54, 1.807) is 0 Å². The third-order valence-electron chi connectivity index (χ3n) is 2.79. The monoisotopic (exact) mass is 270 g/mol. The molecule has 0 radical (unpaired) electrons. The van der Waals surface area contributed by atoms with Crippen LogP contribution >= 0.6 is 12.4 Å². The zero-order chi connectivity index (χ0) is 12.1. The van der Waals surface area contributed by atoms with Gasteiger partial charge in [-0.3, -0.25) is 4.79 Å². The van der Waals surface area contributed by atoms with Gasteiger partial charge < -0.3 is 15.4 Å². The molecule has 1 atom stereocenters. The highest BCUT2D eigenvalue weighted by atomic mass is 35.5. The summed E-state index contributed by atoms with van der Waals surface area (Å²) in [7, 11) is 0. The van der Waals surface area contributed by atoms with Gasteiger partial charge in [0.1, 0.15) is 5.75 Å². The topological polar surface area (TPSA) is 50.4 Å². The number of halogens is 1. The Labute approximate surface area is 114 Å². The lowest BCUT2D eigenvalue weighted by molar-refractivity contribution is -0.117. The van der Waals surface area contributed by atoms with Crippen LogP contribution in [0.3, 0.4) is 0 Å². The van der Waals surface area contributed by atoms with E-state index in [0.717, 1.165) is 30.8 Å². The van der Waals surface area contributed by atoms with E-state index in [2.05, 4.69) is 10.6 Å². The van der Waals surface area contributed by atoms with E-state index in [1.165, 1.54) is 0 Å². The molecule has 1 aromatic carbocycles. The van der Waals surface area contributed by atoms with Gasteiger partial charge in [0.25, 0.3) is 0 Å². The van der Waals surface area contributed by atoms with Crippen molar-refractivity contribution >= 4 is 24.0 Å². The van der Waals surface area contributed by atoms with Crippen molar-refractivity contribution in [1.29, 1.82) is 0 Å². The molecule has 1 fully saturated rings. The first-order valence-corrected chi connectivity index (χ1v) is 6.06. The number of carbonyl (C=O) groups excluding carboxylic acids is 1. The number of ether oxygens (including phenoxy) is 1. The van der Waals surface area contributed by atoms with E-state index in [0.29, 0.717) is 6.61 Å². The number of anilines is 1. The molecule has 0 unspecified atom stereocenters. The second-order valence-corrected chi connectivity index (χ2v) is 4.10. The number of carbonyl (C=O) groups is 1. The molecule has 1 aliphatic rings. The smallest absolute Gasteiger partial charge is 0.241 e. The Kier molecular flexibility index (Phi) is 5.95. The lowest BCUT2D eigenvalue weighted by Gasteiger charge is -2.12. The largest absolute Gasteiger partial charge is 0.494 e. The van der Waals surface area contributed by atoms with E-state index >= 15 is 0 Å². The average Bonchev–Trinajstić information content (AvgIpc) is 2.83. The van der Waals surface area contributed by atoms with Crippen molar-refractivity contribution in [3.05, 3.63) is 24.3 Å². The summed E-state index contributed by atoms with van der Waals surface area (Å²) in [6, 6.07) is 7.42. The summed E-state index contributed by atoms with van der Waals surface area (Å²) >= 11 is 0. The van der Waals surface area contributed by atoms with Crippen molar-refractivity contribution in [2.45, 2.75) is 25.8 Å². The van der Waals surface area contributed by atoms with Crippen LogP contribution in [0.5, 0.6) is 5.75 Å². The normalized spacial score (nSPS) is 17.9. The molecule has 1 aliphatic heterocycles. The van der Waals surface area contributed by atoms with Crippen LogP contribution in [0.4, 0.5) is 5.69 Å². The summed E-state index contributed by atoms with van der Waals surface area (Å²) in [6.45, 7) is 3.49. The van der Waals surface area contributed by atoms with Crippen molar-refractivity contribution in [2.24, 2.45) is 0 Å². The van der Waals surface area contributed by atoms with Crippen molar-refractivity contribution in [3.63, 3.8) is 0 Å². The molecule has 1 aromatic rings. The van der Waals surface area contributed by atoms with Crippen LogP contribution in [0.15, 0.2) is 24.3 Å². The fourth-order valence-electron chi connectivity index (χ4n) is 1.97. The molecule has 2 rings (SSSR count). The van der Waals surface area contributed by atoms with Crippen LogP contribution in [0.2, 0.25) is 0 Å². The first-order chi connectivity index (χ1) is 8.29. The van der Waals surface area contributed by atoms with Gasteiger partial charge in [-0.2, -0.15) is 0 Å². The van der Waals surface area contributed by atoms with Gasteiger partial charge in [0.2, 0.25) is 5.91 Å². The molecule has 1 amide bonds. The van der Waals surface area contributed by atoms with Crippen molar-refractivity contribution in [2.75, 3.05) is 18.5 Å². The van der Waals surface area contributed by atoms with Gasteiger partial charge in [0, 0.05) is 11.8 Å². The summed E-state index contributed by atoms with van der Waals surface area (Å²) in [5, 5.41) is 6.07. The zero-order valence-corrected chi connectivity index (χ0v) is 11.3. The average molecular weight is 271 g/mol. The summed E-state index contributed by atoms with van der Waals surface area (Å²) in [4.78, 5) is 11.9. The van der Waals surface area contributed by atoms with Crippen molar-refractivity contribution in [3.8, 4) is 5.75 Å². The van der Waals surface area contributed by atoms with Crippen LogP contribution in [0, 0.1) is 0 Å². The Hall–Kier alpha value is -1.26. The van der Waals surface area contributed by atoms with Gasteiger partial charge in [0.15, 0.2) is 0 Å². The summed E-state index contributed by atoms with van der Waals surface area (Å²) in [5.41, 5.74) is 0.787. The molecule has 4 nitrogen and oxygen atoms in total. The SMILES string of the molecule is CCOc1cccc(NC(=O)[C@@H]2CCCN2)c1.Cl. The number of benzene rings is 1. The van der Waals surface area contributed by atoms with Crippen LogP contribution in [-0.2, 0) is 4.79 Å². The maximum Gasteiger partial charge on any atom is 0.241 e. The van der Waals surface area contributed by atoms with E-state index in [4.69, 9.17) is 4.74 Å². The summed E-state index contributed by atoms with van der Waals surface area (Å²) in [6.07, 6.45) is 1.98. The van der Waals surface area contributed by atoms with E-state index in [-0.39, 0.29) is 24.4 Å². The predicted molar refractivity (Wildman–Crippen MR) is 74.5 cm³/mol. The minimum Gasteiger partial charge on any atom is -0.494 e. The molecule has 0 bridgehead atoms. The Bertz CT molecular complexity index is 392. The number of nitrogens with one attached hydrogen (secondary N) is 2. The standard InChI is InChI=1S/C13H18N2O2.ClH/c1-2-17-11-6-3-5-10(9-11)15-13(16)12-7-4-8-14-12;/h3,5-6,9,12,14H,2,4,7-8H2,1H3,(H,15,16);1H/t12-;/m0./s1. The quantitative estimate of drug-likeness (QED) is 0.882. The first kappa shape index (κ1) is 14.8. The molecule has 0 aromatic heterocycles. The van der Waals surface area contributed by atoms with Crippen LogP contribution < -0.4 is 15.4 Å². The fraction of sp³-hybridized carbons (Fsp3) is 0.462. The van der Waals surface area contributed by atoms with Gasteiger partial charge in [-0.25, -0.2) is 0 Å². The second-order valence-electron chi connectivity index (χ2n) is 4.10. The Morgan fingerprint density at radius 3 is 3.06 bits per heavy atom. The second kappa shape index (κ2) is 7.24. The highest BCUT2D eigenvalue weighted by molar-refractivity contribution is 5.95. The molecule has 0 saturated carbocycles. The van der Waals surface area contributed by atoms with Crippen molar-refractivity contribution < 1.29 is 9.53 Å². The minimum absolute atomic E-state index is 0. The van der Waals surface area contributed by atoms with Gasteiger partial charge in [0.05, 0.1) is 12.6 Å². The predicted octanol–water partition coefficient (Wildman–Crippen LogP) is 2.20. The minimum atomic E-state index is -0.0502. The van der Waals surface area contributed by atoms with Crippen LogP contribution in [0.1, 0.15) is 19.8 Å². The molecular weight excluding hydrogens is 252 g/mol. The van der Waals surface area contributed by atoms with Gasteiger partial charge in [-0.05, 0) is 38.4 Å². The third-order valence-corrected chi connectivity index (χ3v) is 2.79. The maximum atomic E-state index is 11.9. The third kappa shape index (κ3) is 3.89. The maximum absolute atomic E-state index is 11.9. The van der Waals surface area contributed by atoms with E-state index < -0.39 is 0 Å². The molecule has 18 heavy (non-hydrogen) atoms. The van der Waals surface area contributed by atoms with Gasteiger partial charge in [-0.15, -0.1) is 12.4 Å². The highest BCUT2D eigenvalue weighted by Gasteiger charge is 2.21. The van der Waals surface area contributed by atoms with Gasteiger partial charge in [-0.1, -0.05) is 6.07 Å². The molecule has 0 spiro atoms. The van der Waals surface area contributed by atoms with Crippen LogP contribution in [-0.4, -0.2) is 25.1 Å². The molecule has 0 aliphatic carbocycles. The Morgan fingerprint density at radius 1 is 1.56 bits per heavy atom. The lowest BCUT2D eigenvalue weighted by Crippen LogP contribution is -2.35. The first-order valence-electron chi connectivity index (χ1n) is 6.06. The molecule has 2 N–H and O–H groups in total. The number of hydrogen-bond donors (Lipinski definition) is 2. The van der Waals surface area contributed by atoms with Gasteiger partial charge >= 0.3 is 0 Å². The molecule has 100 valence electrons. The molecule has 1 heterocycles. The summed E-state index contributed by atoms with van der Waals surface area (Å²) < 4.78 is 5.39. The van der Waals surface area contributed by atoms with E-state index in [1.807, 2.05) is 31.2 Å². The summed E-state index contributed by atoms with van der Waals surface area (Å²) in [5.74, 6) is 0.820. The number of amides is 1. The van der Waals surface area contributed by atoms with Crippen molar-refractivity contribution in [1.82, 2.24) is 5.32 Å². The Morgan fingerprint density at radius 2 is 2.39 bits per heavy atom. The van der Waals surface area contributed by atoms with Crippen LogP contribution in [0.25, 0.3) is 0 Å². The van der Waals surface area contributed by atoms with E-state index in [9.17, 15) is 4.79 Å². The molecule has 1 saturated heterocycles. The molecule has 5 heteroatoms. The molecular formula is C13H19ClN2O2. The lowest BCUT2D eigenvalue weighted by atomic mass is 10.2. The fourth-order valence-corrected chi connectivity index (χ4v) is 1.97. The highest BCUT2D eigenvalue weighted by Crippen LogP contribution is 2.18. The number of rotatable bonds is 4. The Balaban J connectivity index is 0.00000162. The number of hydrogen-bond acceptors (Lipinski definition) is 3.